The lowest BCUT2D eigenvalue weighted by atomic mass is 10.1. The molecule has 0 radical (unpaired) electrons. The van der Waals surface area contributed by atoms with Crippen LogP contribution < -0.4 is 15.8 Å². The van der Waals surface area contributed by atoms with Gasteiger partial charge in [-0.15, -0.1) is 0 Å². The summed E-state index contributed by atoms with van der Waals surface area (Å²) < 4.78 is 6.55. The molecule has 3 aromatic rings. The van der Waals surface area contributed by atoms with Crippen molar-refractivity contribution >= 4 is 45.1 Å². The van der Waals surface area contributed by atoms with E-state index in [1.54, 1.807) is 23.1 Å². The van der Waals surface area contributed by atoms with Crippen LogP contribution in [0.1, 0.15) is 27.9 Å². The second-order valence-corrected chi connectivity index (χ2v) is 9.17. The maximum Gasteiger partial charge on any atom is 0.257 e. The molecule has 0 atom stereocenters. The van der Waals surface area contributed by atoms with Gasteiger partial charge < -0.3 is 15.4 Å². The smallest absolute Gasteiger partial charge is 0.257 e. The molecular weight excluding hydrogens is 526 g/mol. The number of nitrogens with zero attached hydrogens (tertiary/aromatic N) is 1. The van der Waals surface area contributed by atoms with Crippen LogP contribution in [-0.4, -0.2) is 41.5 Å². The fourth-order valence-corrected chi connectivity index (χ4v) is 4.17. The van der Waals surface area contributed by atoms with Crippen molar-refractivity contribution in [2.75, 3.05) is 19.7 Å². The average Bonchev–Trinajstić information content (AvgIpc) is 2.86. The van der Waals surface area contributed by atoms with E-state index >= 15 is 0 Å². The maximum atomic E-state index is 12.9. The van der Waals surface area contributed by atoms with Crippen molar-refractivity contribution in [3.63, 3.8) is 0 Å². The molecule has 3 N–H and O–H groups in total. The van der Waals surface area contributed by atoms with Crippen LogP contribution in [0.3, 0.4) is 0 Å². The first kappa shape index (κ1) is 26.4. The summed E-state index contributed by atoms with van der Waals surface area (Å²) >= 11 is 8.98. The van der Waals surface area contributed by atoms with Gasteiger partial charge in [0.05, 0.1) is 11.1 Å². The minimum Gasteiger partial charge on any atom is -0.492 e. The maximum absolute atomic E-state index is 12.9. The molecule has 0 saturated heterocycles. The Bertz CT molecular complexity index is 1140. The number of ether oxygens (including phenoxy) is 1. The van der Waals surface area contributed by atoms with E-state index in [1.807, 2.05) is 48.5 Å². The highest BCUT2D eigenvalue weighted by Crippen LogP contribution is 2.26. The zero-order valence-corrected chi connectivity index (χ0v) is 21.7. The molecule has 0 heterocycles. The molecule has 0 fully saturated rings. The van der Waals surface area contributed by atoms with Crippen LogP contribution in [0.5, 0.6) is 5.75 Å². The molecule has 35 heavy (non-hydrogen) atoms. The Hall–Kier alpha value is -3.23. The number of nitrogens with one attached hydrogen (secondary N) is 1. The molecule has 0 aliphatic rings. The third kappa shape index (κ3) is 8.81. The summed E-state index contributed by atoms with van der Waals surface area (Å²) in [5.41, 5.74) is 8.10. The van der Waals surface area contributed by atoms with E-state index in [4.69, 9.17) is 22.7 Å². The van der Waals surface area contributed by atoms with Gasteiger partial charge in [-0.05, 0) is 63.9 Å². The molecule has 0 spiro atoms. The molecule has 0 unspecified atom stereocenters. The SMILES string of the molecule is NC(=O)CCN(CCc1ccccc1)C(=S)NC(=O)c1ccc(OCCc2ccccc2)c(Br)c1. The number of hydrogen-bond acceptors (Lipinski definition) is 4. The van der Waals surface area contributed by atoms with E-state index < -0.39 is 5.91 Å². The molecule has 2 amide bonds. The monoisotopic (exact) mass is 553 g/mol. The van der Waals surface area contributed by atoms with Gasteiger partial charge in [0, 0.05) is 31.5 Å². The highest BCUT2D eigenvalue weighted by molar-refractivity contribution is 9.10. The number of benzene rings is 3. The number of primary amides is 1. The summed E-state index contributed by atoms with van der Waals surface area (Å²) in [4.78, 5) is 26.0. The van der Waals surface area contributed by atoms with Crippen molar-refractivity contribution in [3.8, 4) is 5.75 Å². The zero-order chi connectivity index (χ0) is 25.0. The summed E-state index contributed by atoms with van der Waals surface area (Å²) in [6, 6.07) is 25.2. The van der Waals surface area contributed by atoms with E-state index in [1.165, 1.54) is 5.56 Å². The van der Waals surface area contributed by atoms with Crippen LogP contribution in [0, 0.1) is 0 Å². The molecule has 3 rings (SSSR count). The summed E-state index contributed by atoms with van der Waals surface area (Å²) in [6.07, 6.45) is 1.65. The van der Waals surface area contributed by atoms with Crippen LogP contribution in [0.15, 0.2) is 83.3 Å². The predicted octanol–water partition coefficient (Wildman–Crippen LogP) is 4.51. The number of thiocarbonyl (C=S) groups is 1. The highest BCUT2D eigenvalue weighted by Gasteiger charge is 2.16. The molecule has 8 heteroatoms. The zero-order valence-electron chi connectivity index (χ0n) is 19.3. The number of carbonyl (C=O) groups excluding carboxylic acids is 2. The minimum absolute atomic E-state index is 0.144. The number of halogens is 1. The fraction of sp³-hybridized carbons (Fsp3) is 0.222. The normalized spacial score (nSPS) is 10.4. The second kappa shape index (κ2) is 13.6. The Kier molecular flexibility index (Phi) is 10.3. The molecule has 0 aliphatic heterocycles. The standard InChI is InChI=1S/C27H28BrN3O3S/c28-23-19-22(11-12-24(23)34-18-15-21-9-5-2-6-10-21)26(33)30-27(35)31(17-14-25(29)32)16-13-20-7-3-1-4-8-20/h1-12,19H,13-18H2,(H2,29,32)(H,30,33,35). The lowest BCUT2D eigenvalue weighted by Gasteiger charge is -2.25. The van der Waals surface area contributed by atoms with Gasteiger partial charge in [0.1, 0.15) is 5.75 Å². The van der Waals surface area contributed by atoms with Crippen LogP contribution in [0.25, 0.3) is 0 Å². The van der Waals surface area contributed by atoms with Crippen molar-refractivity contribution in [1.82, 2.24) is 10.2 Å². The minimum atomic E-state index is -0.421. The van der Waals surface area contributed by atoms with E-state index in [0.717, 1.165) is 18.4 Å². The Morgan fingerprint density at radius 2 is 1.54 bits per heavy atom. The lowest BCUT2D eigenvalue weighted by Crippen LogP contribution is -2.44. The summed E-state index contributed by atoms with van der Waals surface area (Å²) in [5, 5.41) is 3.03. The van der Waals surface area contributed by atoms with Crippen molar-refractivity contribution in [2.24, 2.45) is 5.73 Å². The van der Waals surface area contributed by atoms with Crippen LogP contribution >= 0.6 is 28.1 Å². The molecule has 0 bridgehead atoms. The first-order valence-electron chi connectivity index (χ1n) is 11.3. The van der Waals surface area contributed by atoms with Crippen LogP contribution in [-0.2, 0) is 17.6 Å². The summed E-state index contributed by atoms with van der Waals surface area (Å²) in [5.74, 6) is -0.100. The van der Waals surface area contributed by atoms with Gasteiger partial charge in [-0.2, -0.15) is 0 Å². The van der Waals surface area contributed by atoms with Gasteiger partial charge in [0.15, 0.2) is 5.11 Å². The van der Waals surface area contributed by atoms with Gasteiger partial charge in [-0.25, -0.2) is 0 Å². The van der Waals surface area contributed by atoms with Gasteiger partial charge in [-0.3, -0.25) is 14.9 Å². The van der Waals surface area contributed by atoms with Gasteiger partial charge in [0.2, 0.25) is 5.91 Å². The third-order valence-electron chi connectivity index (χ3n) is 5.33. The molecule has 0 saturated carbocycles. The number of carbonyl (C=O) groups is 2. The Morgan fingerprint density at radius 1 is 0.914 bits per heavy atom. The molecule has 0 aliphatic carbocycles. The van der Waals surface area contributed by atoms with Crippen LogP contribution in [0.4, 0.5) is 0 Å². The molecule has 182 valence electrons. The van der Waals surface area contributed by atoms with E-state index in [2.05, 4.69) is 33.4 Å². The fourth-order valence-electron chi connectivity index (χ4n) is 3.40. The molecule has 0 aromatic heterocycles. The highest BCUT2D eigenvalue weighted by atomic mass is 79.9. The topological polar surface area (TPSA) is 84.7 Å². The predicted molar refractivity (Wildman–Crippen MR) is 145 cm³/mol. The summed E-state index contributed by atoms with van der Waals surface area (Å²) in [7, 11) is 0. The van der Waals surface area contributed by atoms with Gasteiger partial charge in [0.25, 0.3) is 5.91 Å². The lowest BCUT2D eigenvalue weighted by molar-refractivity contribution is -0.118. The largest absolute Gasteiger partial charge is 0.492 e. The Balaban J connectivity index is 1.57. The third-order valence-corrected chi connectivity index (χ3v) is 6.31. The van der Waals surface area contributed by atoms with E-state index in [9.17, 15) is 9.59 Å². The van der Waals surface area contributed by atoms with Crippen molar-refractivity contribution < 1.29 is 14.3 Å². The van der Waals surface area contributed by atoms with Crippen molar-refractivity contribution in [2.45, 2.75) is 19.3 Å². The average molecular weight is 555 g/mol. The van der Waals surface area contributed by atoms with Gasteiger partial charge >= 0.3 is 0 Å². The molecule has 3 aromatic carbocycles. The van der Waals surface area contributed by atoms with Crippen molar-refractivity contribution in [3.05, 3.63) is 100 Å². The van der Waals surface area contributed by atoms with E-state index in [0.29, 0.717) is 35.5 Å². The number of nitrogens with two attached hydrogens (primary N) is 1. The molecule has 6 nitrogen and oxygen atoms in total. The van der Waals surface area contributed by atoms with E-state index in [-0.39, 0.29) is 17.4 Å². The summed E-state index contributed by atoms with van der Waals surface area (Å²) in [6.45, 7) is 1.40. The molecular formula is C27H28BrN3O3S. The quantitative estimate of drug-likeness (QED) is 0.341. The second-order valence-electron chi connectivity index (χ2n) is 7.93. The first-order chi connectivity index (χ1) is 16.9. The Morgan fingerprint density at radius 3 is 2.14 bits per heavy atom. The number of amides is 2. The van der Waals surface area contributed by atoms with Crippen LogP contribution in [0.2, 0.25) is 0 Å². The van der Waals surface area contributed by atoms with Gasteiger partial charge in [-0.1, -0.05) is 60.7 Å². The number of rotatable bonds is 11. The number of hydrogen-bond donors (Lipinski definition) is 2. The van der Waals surface area contributed by atoms with Crippen molar-refractivity contribution in [1.29, 1.82) is 0 Å². The Labute approximate surface area is 219 Å². The first-order valence-corrected chi connectivity index (χ1v) is 12.5.